The fraction of sp³-hybridized carbons (Fsp3) is 0.309. The Labute approximate surface area is 763 Å². The SMILES string of the molecule is CC(F)(F)c1ccc(CNc2ccc(Cc3c[nH]c4ncc(Cl)cc34)cn2)cc1.CC1(COc2ccc3c(c2)ncn3-c2ccc3cccc(N4CCC(N)CC4)c3n2)COC1.COCCOc1ccc2c(c1)ncn2-c1ccc2cccc(N3CCC(N)CC3)c2n1.Cc1ccc(NC(=O)Nc2nnc(Sc3ncnc4cc(OCCCN5CCOCC5)ccc34)s2)cc1. The molecule has 28 nitrogen and oxygen atoms in total. The lowest BCUT2D eigenvalue weighted by atomic mass is 9.90. The number of anilines is 5. The van der Waals surface area contributed by atoms with Gasteiger partial charge in [-0.15, -0.1) is 10.2 Å². The Balaban J connectivity index is 0.000000122. The summed E-state index contributed by atoms with van der Waals surface area (Å²) in [4.78, 5) is 59.5. The number of carbonyl (C=O) groups excluding carboxylic acids is 1. The van der Waals surface area contributed by atoms with E-state index in [1.54, 1.807) is 25.4 Å². The number of aromatic amines is 1. The van der Waals surface area contributed by atoms with Crippen LogP contribution in [0.4, 0.5) is 41.6 Å². The van der Waals surface area contributed by atoms with E-state index in [-0.39, 0.29) is 17.0 Å². The van der Waals surface area contributed by atoms with Gasteiger partial charge in [0.2, 0.25) is 5.13 Å². The Morgan fingerprint density at radius 3 is 1.88 bits per heavy atom. The third kappa shape index (κ3) is 22.6. The average Bonchev–Trinajstić information content (AvgIpc) is 1.43. The van der Waals surface area contributed by atoms with Gasteiger partial charge in [-0.3, -0.25) is 19.4 Å². The Morgan fingerprint density at radius 1 is 0.638 bits per heavy atom. The highest BCUT2D eigenvalue weighted by atomic mass is 35.5. The van der Waals surface area contributed by atoms with Crippen molar-refractivity contribution in [2.24, 2.45) is 16.9 Å². The van der Waals surface area contributed by atoms with Gasteiger partial charge < -0.3 is 65.3 Å². The number of nitrogens with one attached hydrogen (secondary N) is 4. The van der Waals surface area contributed by atoms with Crippen molar-refractivity contribution in [3.8, 4) is 28.9 Å². The summed E-state index contributed by atoms with van der Waals surface area (Å²) < 4.78 is 64.7. The van der Waals surface area contributed by atoms with E-state index in [0.29, 0.717) is 71.7 Å². The molecule has 670 valence electrons. The minimum absolute atomic E-state index is 0.0116. The van der Waals surface area contributed by atoms with Crippen molar-refractivity contribution in [3.63, 3.8) is 0 Å². The first-order chi connectivity index (χ1) is 63.3. The van der Waals surface area contributed by atoms with E-state index in [0.717, 1.165) is 239 Å². The number of para-hydroxylation sites is 2. The van der Waals surface area contributed by atoms with Gasteiger partial charge in [0.25, 0.3) is 5.92 Å². The fourth-order valence-electron chi connectivity index (χ4n) is 15.8. The molecule has 20 rings (SSSR count). The molecule has 0 atom stereocenters. The number of hydrogen-bond donors (Lipinski definition) is 6. The second kappa shape index (κ2) is 41.4. The molecular weight excluding hydrogens is 1710 g/mol. The maximum absolute atomic E-state index is 13.3. The number of ether oxygens (including phenoxy) is 6. The first-order valence-electron chi connectivity index (χ1n) is 43.5. The van der Waals surface area contributed by atoms with Crippen LogP contribution in [-0.2, 0) is 33.1 Å². The maximum atomic E-state index is 13.3. The number of pyridine rings is 4. The van der Waals surface area contributed by atoms with Gasteiger partial charge >= 0.3 is 6.03 Å². The molecule has 33 heteroatoms. The standard InChI is InChI=1S/C26H29N5O2.C25H27N7O3S2.C24H27N5O2.C22H19ClF2N4/c1-26(14-32-15-26)16-33-20-6-7-22-21(13-20)28-17-31(22)24-8-5-18-3-2-4-23(25(18)29-24)30-11-9-19(27)10-12-30;1-17-3-5-18(6-4-17)28-23(33)29-24-30-31-25(37-24)36-22-20-8-7-19(15-21(20)26-16-27-22)35-12-2-9-32-10-13-34-14-11-32;1-30-13-14-31-19-6-7-21-20(15-19)26-16-29(21)23-8-5-17-3-2-4-22(24(17)27-23)28-11-9-18(25)10-12-28;1-22(24,25)17-5-2-14(3-6-17)10-26-20-7-4-15(11-27-20)8-16-12-28-21-19(16)9-18(23)13-29-21/h2-8,13,17,19H,9-12,14-16,27H2,1H3;3-8,15-16H,2,9-14H2,1H3,(H2,28,29,30,33);2-8,15-16,18H,9-14,25H2,1H3;2-7,9,11-13H,8,10H2,1H3,(H,26,27)(H,28,29). The Kier molecular flexibility index (Phi) is 28.5. The number of alkyl halides is 2. The number of piperidine rings is 2. The van der Waals surface area contributed by atoms with Gasteiger partial charge in [-0.1, -0.05) is 102 Å². The number of H-pyrrole nitrogens is 1. The third-order valence-electron chi connectivity index (χ3n) is 23.1. The molecule has 0 bridgehead atoms. The molecule has 4 saturated heterocycles. The minimum Gasteiger partial charge on any atom is -0.493 e. The number of aryl methyl sites for hydroxylation is 1. The molecule has 13 heterocycles. The molecule has 7 aromatic carbocycles. The molecule has 0 saturated carbocycles. The summed E-state index contributed by atoms with van der Waals surface area (Å²) in [6, 6.07) is 58.9. The molecule has 2 amide bonds. The molecule has 0 aliphatic carbocycles. The van der Waals surface area contributed by atoms with Crippen molar-refractivity contribution in [1.82, 2.24) is 69.1 Å². The lowest BCUT2D eigenvalue weighted by Crippen LogP contribution is -2.44. The zero-order chi connectivity index (χ0) is 89.5. The summed E-state index contributed by atoms with van der Waals surface area (Å²) in [5.74, 6) is 2.01. The number of aromatic nitrogens is 13. The quantitative estimate of drug-likeness (QED) is 0.0167. The van der Waals surface area contributed by atoms with Crippen LogP contribution in [0.1, 0.15) is 73.8 Å². The lowest BCUT2D eigenvalue weighted by Gasteiger charge is -2.37. The predicted molar refractivity (Wildman–Crippen MR) is 510 cm³/mol. The van der Waals surface area contributed by atoms with Crippen LogP contribution in [0.2, 0.25) is 5.02 Å². The van der Waals surface area contributed by atoms with Crippen molar-refractivity contribution in [1.29, 1.82) is 0 Å². The van der Waals surface area contributed by atoms with Crippen LogP contribution in [0.5, 0.6) is 17.2 Å². The molecule has 0 spiro atoms. The number of carbonyl (C=O) groups is 1. The highest BCUT2D eigenvalue weighted by molar-refractivity contribution is 8.01. The number of hydrogen-bond acceptors (Lipinski definition) is 25. The number of urea groups is 1. The lowest BCUT2D eigenvalue weighted by molar-refractivity contribution is -0.120. The maximum Gasteiger partial charge on any atom is 0.325 e. The van der Waals surface area contributed by atoms with E-state index in [2.05, 4.69) is 143 Å². The summed E-state index contributed by atoms with van der Waals surface area (Å²) in [5.41, 5.74) is 27.0. The summed E-state index contributed by atoms with van der Waals surface area (Å²) in [7, 11) is 1.66. The molecule has 0 unspecified atom stereocenters. The molecule has 4 aliphatic heterocycles. The number of morpholine rings is 1. The Hall–Kier alpha value is -12.6. The van der Waals surface area contributed by atoms with Gasteiger partial charge in [0, 0.05) is 160 Å². The van der Waals surface area contributed by atoms with Crippen molar-refractivity contribution in [2.45, 2.75) is 93.2 Å². The van der Waals surface area contributed by atoms with Crippen LogP contribution >= 0.6 is 34.7 Å². The number of benzene rings is 7. The van der Waals surface area contributed by atoms with E-state index in [4.69, 9.17) is 61.5 Å². The zero-order valence-electron chi connectivity index (χ0n) is 72.7. The topological polar surface area (TPSA) is 325 Å². The third-order valence-corrected chi connectivity index (χ3v) is 25.2. The monoisotopic (exact) mass is 1810 g/mol. The smallest absolute Gasteiger partial charge is 0.325 e. The van der Waals surface area contributed by atoms with E-state index in [1.165, 1.54) is 52.9 Å². The molecule has 0 radical (unpaired) electrons. The second-order valence-electron chi connectivity index (χ2n) is 33.1. The van der Waals surface area contributed by atoms with Crippen LogP contribution in [0.15, 0.2) is 229 Å². The summed E-state index contributed by atoms with van der Waals surface area (Å²) in [5, 5.41) is 22.9. The number of imidazole rings is 2. The van der Waals surface area contributed by atoms with E-state index >= 15 is 0 Å². The number of amides is 2. The Morgan fingerprint density at radius 2 is 1.26 bits per heavy atom. The van der Waals surface area contributed by atoms with Crippen molar-refractivity contribution in [2.75, 3.05) is 132 Å². The van der Waals surface area contributed by atoms with E-state index in [1.807, 2.05) is 138 Å². The fourth-order valence-corrected chi connectivity index (χ4v) is 17.7. The van der Waals surface area contributed by atoms with Crippen molar-refractivity contribution >= 4 is 135 Å². The average molecular weight is 1810 g/mol. The van der Waals surface area contributed by atoms with E-state index in [9.17, 15) is 13.6 Å². The molecule has 16 aromatic rings. The summed E-state index contributed by atoms with van der Waals surface area (Å²) in [6.45, 7) is 17.9. The largest absolute Gasteiger partial charge is 0.493 e. The number of methoxy groups -OCH3 is 1. The van der Waals surface area contributed by atoms with Gasteiger partial charge in [0.05, 0.1) is 101 Å². The number of nitrogens with two attached hydrogens (primary N) is 2. The predicted octanol–water partition coefficient (Wildman–Crippen LogP) is 18.1. The molecule has 4 aliphatic rings. The number of rotatable bonds is 26. The van der Waals surface area contributed by atoms with Crippen LogP contribution in [0.25, 0.3) is 77.4 Å². The summed E-state index contributed by atoms with van der Waals surface area (Å²) in [6.07, 6.45) is 16.3. The van der Waals surface area contributed by atoms with Crippen LogP contribution < -0.4 is 51.4 Å². The molecule has 4 fully saturated rings. The summed E-state index contributed by atoms with van der Waals surface area (Å²) >= 11 is 8.71. The number of nitrogens with zero attached hydrogens (tertiary/aromatic N) is 15. The first kappa shape index (κ1) is 89.4. The van der Waals surface area contributed by atoms with Gasteiger partial charge in [-0.25, -0.2) is 53.4 Å². The molecular formula is C97H102ClF2N21O7S2. The zero-order valence-corrected chi connectivity index (χ0v) is 75.1. The van der Waals surface area contributed by atoms with Gasteiger partial charge in [0.15, 0.2) is 4.34 Å². The normalized spacial score (nSPS) is 14.9. The highest BCUT2D eigenvalue weighted by Crippen LogP contribution is 2.38. The van der Waals surface area contributed by atoms with Gasteiger partial charge in [-0.2, -0.15) is 0 Å². The molecule has 9 aromatic heterocycles. The van der Waals surface area contributed by atoms with E-state index < -0.39 is 5.92 Å². The van der Waals surface area contributed by atoms with Crippen LogP contribution in [0, 0.1) is 12.3 Å². The first-order valence-corrected chi connectivity index (χ1v) is 45.5. The molecule has 130 heavy (non-hydrogen) atoms. The van der Waals surface area contributed by atoms with Crippen molar-refractivity contribution in [3.05, 3.63) is 252 Å². The van der Waals surface area contributed by atoms with Crippen molar-refractivity contribution < 1.29 is 42.0 Å². The van der Waals surface area contributed by atoms with Gasteiger partial charge in [0.1, 0.15) is 71.0 Å². The van der Waals surface area contributed by atoms with Crippen LogP contribution in [0.3, 0.4) is 0 Å². The van der Waals surface area contributed by atoms with Crippen LogP contribution in [-0.4, -0.2) is 193 Å². The minimum atomic E-state index is -2.82. The van der Waals surface area contributed by atoms with Gasteiger partial charge in [-0.05, 0) is 165 Å². The second-order valence-corrected chi connectivity index (χ2v) is 35.8. The number of fused-ring (bicyclic) bond motifs is 6. The number of halogens is 3. The Bertz CT molecular complexity index is 6540. The molecule has 8 N–H and O–H groups in total. The highest BCUT2D eigenvalue weighted by Gasteiger charge is 2.35.